The lowest BCUT2D eigenvalue weighted by molar-refractivity contribution is -0.126. The molecule has 0 aromatic carbocycles. The summed E-state index contributed by atoms with van der Waals surface area (Å²) in [4.78, 5) is 12.0. The lowest BCUT2D eigenvalue weighted by atomic mass is 9.99. The van der Waals surface area contributed by atoms with E-state index in [9.17, 15) is 4.79 Å². The van der Waals surface area contributed by atoms with Crippen molar-refractivity contribution in [2.75, 3.05) is 5.75 Å². The van der Waals surface area contributed by atoms with Gasteiger partial charge in [0.15, 0.2) is 0 Å². The monoisotopic (exact) mass is 244 g/mol. The predicted molar refractivity (Wildman–Crippen MR) is 70.6 cm³/mol. The molecular formula is C12H24N2OS. The van der Waals surface area contributed by atoms with Crippen LogP contribution in [0.15, 0.2) is 0 Å². The number of carbonyl (C=O) groups is 1. The molecule has 1 aliphatic carbocycles. The van der Waals surface area contributed by atoms with Gasteiger partial charge in [0.25, 0.3) is 0 Å². The second-order valence-corrected chi connectivity index (χ2v) is 6.29. The van der Waals surface area contributed by atoms with E-state index in [1.165, 1.54) is 12.8 Å². The maximum Gasteiger partial charge on any atom is 0.240 e. The summed E-state index contributed by atoms with van der Waals surface area (Å²) in [6.45, 7) is 5.92. The van der Waals surface area contributed by atoms with E-state index in [-0.39, 0.29) is 5.91 Å². The average Bonchev–Trinajstić information content (AvgIpc) is 2.66. The molecule has 3 nitrogen and oxygen atoms in total. The number of rotatable bonds is 5. The second kappa shape index (κ2) is 5.92. The Morgan fingerprint density at radius 1 is 1.50 bits per heavy atom. The Labute approximate surface area is 103 Å². The van der Waals surface area contributed by atoms with Gasteiger partial charge in [-0.1, -0.05) is 20.3 Å². The predicted octanol–water partition coefficient (Wildman–Crippen LogP) is 1.90. The molecule has 4 heteroatoms. The molecular weight excluding hydrogens is 220 g/mol. The van der Waals surface area contributed by atoms with Gasteiger partial charge in [-0.2, -0.15) is 11.8 Å². The van der Waals surface area contributed by atoms with Gasteiger partial charge in [0.1, 0.15) is 0 Å². The summed E-state index contributed by atoms with van der Waals surface area (Å²) in [7, 11) is 0. The highest BCUT2D eigenvalue weighted by Gasteiger charge is 2.33. The van der Waals surface area contributed by atoms with Crippen molar-refractivity contribution in [2.24, 2.45) is 5.73 Å². The number of nitrogens with two attached hydrogens (primary N) is 1. The van der Waals surface area contributed by atoms with Crippen molar-refractivity contribution in [1.82, 2.24) is 5.32 Å². The van der Waals surface area contributed by atoms with Crippen LogP contribution in [0.25, 0.3) is 0 Å². The zero-order valence-corrected chi connectivity index (χ0v) is 11.4. The number of amides is 1. The molecule has 0 radical (unpaired) electrons. The maximum absolute atomic E-state index is 12.0. The molecule has 1 fully saturated rings. The molecule has 1 aliphatic rings. The van der Waals surface area contributed by atoms with Crippen molar-refractivity contribution in [3.05, 3.63) is 0 Å². The molecule has 3 atom stereocenters. The van der Waals surface area contributed by atoms with Crippen LogP contribution < -0.4 is 11.1 Å². The second-order valence-electron chi connectivity index (χ2n) is 4.78. The summed E-state index contributed by atoms with van der Waals surface area (Å²) in [5.41, 5.74) is 5.22. The molecule has 1 amide bonds. The van der Waals surface area contributed by atoms with Crippen molar-refractivity contribution in [2.45, 2.75) is 63.3 Å². The Bertz CT molecular complexity index is 243. The van der Waals surface area contributed by atoms with Gasteiger partial charge in [-0.05, 0) is 31.9 Å². The first-order chi connectivity index (χ1) is 7.51. The van der Waals surface area contributed by atoms with Crippen molar-refractivity contribution in [1.29, 1.82) is 0 Å². The number of thioether (sulfide) groups is 1. The molecule has 3 N–H and O–H groups in total. The first-order valence-electron chi connectivity index (χ1n) is 6.22. The normalized spacial score (nSPS) is 28.8. The Morgan fingerprint density at radius 2 is 2.19 bits per heavy atom. The molecule has 0 bridgehead atoms. The van der Waals surface area contributed by atoms with Crippen LogP contribution in [0.1, 0.15) is 46.5 Å². The van der Waals surface area contributed by atoms with Gasteiger partial charge in [0.05, 0.1) is 5.54 Å². The van der Waals surface area contributed by atoms with E-state index in [0.717, 1.165) is 12.2 Å². The SMILES string of the molecule is CCSC1CCCC1NC(=O)C(C)(N)CC. The van der Waals surface area contributed by atoms with Crippen LogP contribution in [-0.4, -0.2) is 28.5 Å². The Hall–Kier alpha value is -0.220. The zero-order chi connectivity index (χ0) is 12.2. The lowest BCUT2D eigenvalue weighted by Gasteiger charge is -2.27. The van der Waals surface area contributed by atoms with Crippen LogP contribution in [-0.2, 0) is 4.79 Å². The molecule has 3 unspecified atom stereocenters. The molecule has 0 aromatic rings. The largest absolute Gasteiger partial charge is 0.351 e. The van der Waals surface area contributed by atoms with Gasteiger partial charge in [0, 0.05) is 11.3 Å². The van der Waals surface area contributed by atoms with E-state index < -0.39 is 5.54 Å². The van der Waals surface area contributed by atoms with Gasteiger partial charge in [-0.15, -0.1) is 0 Å². The van der Waals surface area contributed by atoms with E-state index in [0.29, 0.717) is 17.7 Å². The van der Waals surface area contributed by atoms with E-state index in [1.807, 2.05) is 18.7 Å². The minimum Gasteiger partial charge on any atom is -0.351 e. The van der Waals surface area contributed by atoms with Gasteiger partial charge in [0.2, 0.25) is 5.91 Å². The third-order valence-corrected chi connectivity index (χ3v) is 4.73. The zero-order valence-electron chi connectivity index (χ0n) is 10.6. The molecule has 0 spiro atoms. The fourth-order valence-corrected chi connectivity index (χ4v) is 3.20. The van der Waals surface area contributed by atoms with Gasteiger partial charge in [-0.3, -0.25) is 4.79 Å². The standard InChI is InChI=1S/C12H24N2OS/c1-4-12(3,13)11(15)14-9-7-6-8-10(9)16-5-2/h9-10H,4-8,13H2,1-3H3,(H,14,15). The summed E-state index contributed by atoms with van der Waals surface area (Å²) in [6, 6.07) is 0.326. The van der Waals surface area contributed by atoms with Crippen molar-refractivity contribution in [3.63, 3.8) is 0 Å². The Morgan fingerprint density at radius 3 is 2.75 bits per heavy atom. The highest BCUT2D eigenvalue weighted by atomic mass is 32.2. The van der Waals surface area contributed by atoms with Crippen molar-refractivity contribution >= 4 is 17.7 Å². The van der Waals surface area contributed by atoms with Gasteiger partial charge >= 0.3 is 0 Å². The first kappa shape index (κ1) is 13.8. The third kappa shape index (κ3) is 3.39. The molecule has 1 saturated carbocycles. The number of hydrogen-bond donors (Lipinski definition) is 2. The van der Waals surface area contributed by atoms with Crippen LogP contribution in [0.3, 0.4) is 0 Å². The smallest absolute Gasteiger partial charge is 0.240 e. The first-order valence-corrected chi connectivity index (χ1v) is 7.27. The quantitative estimate of drug-likeness (QED) is 0.776. The van der Waals surface area contributed by atoms with Crippen molar-refractivity contribution < 1.29 is 4.79 Å². The molecule has 16 heavy (non-hydrogen) atoms. The highest BCUT2D eigenvalue weighted by molar-refractivity contribution is 7.99. The van der Waals surface area contributed by atoms with Gasteiger partial charge in [-0.25, -0.2) is 0 Å². The average molecular weight is 244 g/mol. The summed E-state index contributed by atoms with van der Waals surface area (Å²) in [5, 5.41) is 3.71. The molecule has 0 heterocycles. The van der Waals surface area contributed by atoms with E-state index in [1.54, 1.807) is 6.92 Å². The molecule has 94 valence electrons. The van der Waals surface area contributed by atoms with Crippen LogP contribution >= 0.6 is 11.8 Å². The van der Waals surface area contributed by atoms with Crippen LogP contribution in [0, 0.1) is 0 Å². The number of carbonyl (C=O) groups excluding carboxylic acids is 1. The fraction of sp³-hybridized carbons (Fsp3) is 0.917. The summed E-state index contributed by atoms with van der Waals surface area (Å²) in [5.74, 6) is 1.12. The Balaban J connectivity index is 2.50. The lowest BCUT2D eigenvalue weighted by Crippen LogP contribution is -2.54. The summed E-state index contributed by atoms with van der Waals surface area (Å²) >= 11 is 1.95. The van der Waals surface area contributed by atoms with Crippen LogP contribution in [0.5, 0.6) is 0 Å². The van der Waals surface area contributed by atoms with Crippen LogP contribution in [0.4, 0.5) is 0 Å². The molecule has 0 aromatic heterocycles. The van der Waals surface area contributed by atoms with Crippen LogP contribution in [0.2, 0.25) is 0 Å². The maximum atomic E-state index is 12.0. The number of nitrogens with one attached hydrogen (secondary N) is 1. The highest BCUT2D eigenvalue weighted by Crippen LogP contribution is 2.30. The van der Waals surface area contributed by atoms with Gasteiger partial charge < -0.3 is 11.1 Å². The van der Waals surface area contributed by atoms with E-state index in [2.05, 4.69) is 12.2 Å². The fourth-order valence-electron chi connectivity index (χ4n) is 2.00. The molecule has 0 aliphatic heterocycles. The number of hydrogen-bond acceptors (Lipinski definition) is 3. The summed E-state index contributed by atoms with van der Waals surface area (Å²) in [6.07, 6.45) is 4.22. The summed E-state index contributed by atoms with van der Waals surface area (Å²) < 4.78 is 0. The Kier molecular flexibility index (Phi) is 5.12. The molecule has 0 saturated heterocycles. The van der Waals surface area contributed by atoms with E-state index >= 15 is 0 Å². The van der Waals surface area contributed by atoms with E-state index in [4.69, 9.17) is 5.73 Å². The minimum atomic E-state index is -0.718. The molecule has 1 rings (SSSR count). The minimum absolute atomic E-state index is 0.00334. The topological polar surface area (TPSA) is 55.1 Å². The third-order valence-electron chi connectivity index (χ3n) is 3.40. The van der Waals surface area contributed by atoms with Crippen molar-refractivity contribution in [3.8, 4) is 0 Å².